The Morgan fingerprint density at radius 2 is 2.12 bits per heavy atom. The van der Waals surface area contributed by atoms with Crippen molar-refractivity contribution in [2.24, 2.45) is 7.05 Å². The molecule has 5 nitrogen and oxygen atoms in total. The first-order valence-electron chi connectivity index (χ1n) is 4.76. The summed E-state index contributed by atoms with van der Waals surface area (Å²) in [7, 11) is 1.80. The molecule has 0 aliphatic rings. The highest BCUT2D eigenvalue weighted by atomic mass is 16.4. The number of nitrogens with zero attached hydrogens (tertiary/aromatic N) is 2. The van der Waals surface area contributed by atoms with Gasteiger partial charge in [-0.1, -0.05) is 12.1 Å². The Morgan fingerprint density at radius 1 is 1.38 bits per heavy atom. The van der Waals surface area contributed by atoms with Gasteiger partial charge >= 0.3 is 5.97 Å². The lowest BCUT2D eigenvalue weighted by Crippen LogP contribution is -2.02. The minimum Gasteiger partial charge on any atom is -0.478 e. The first-order chi connectivity index (χ1) is 7.66. The van der Waals surface area contributed by atoms with Crippen molar-refractivity contribution < 1.29 is 9.90 Å². The van der Waals surface area contributed by atoms with Crippen LogP contribution in [0.2, 0.25) is 0 Å². The van der Waals surface area contributed by atoms with Crippen LogP contribution in [0.25, 0.3) is 0 Å². The number of carboxylic acid groups (broad SMARTS) is 1. The van der Waals surface area contributed by atoms with Crippen molar-refractivity contribution >= 4 is 17.5 Å². The Balaban J connectivity index is 2.31. The number of nitrogens with one attached hydrogen (secondary N) is 1. The van der Waals surface area contributed by atoms with Crippen LogP contribution in [-0.4, -0.2) is 20.9 Å². The second kappa shape index (κ2) is 4.06. The number of anilines is 2. The molecule has 0 atom stereocenters. The van der Waals surface area contributed by atoms with Crippen LogP contribution < -0.4 is 5.32 Å². The molecule has 0 bridgehead atoms. The predicted molar refractivity (Wildman–Crippen MR) is 59.9 cm³/mol. The number of carboxylic acids is 1. The second-order valence-corrected chi connectivity index (χ2v) is 3.35. The summed E-state index contributed by atoms with van der Waals surface area (Å²) >= 11 is 0. The van der Waals surface area contributed by atoms with Crippen LogP contribution in [0.1, 0.15) is 10.4 Å². The number of hydrogen-bond donors (Lipinski definition) is 2. The first kappa shape index (κ1) is 10.2. The van der Waals surface area contributed by atoms with Crippen LogP contribution in [-0.2, 0) is 7.05 Å². The lowest BCUT2D eigenvalue weighted by molar-refractivity contribution is 0.0698. The molecule has 1 heterocycles. The topological polar surface area (TPSA) is 67.2 Å². The van der Waals surface area contributed by atoms with E-state index in [-0.39, 0.29) is 5.56 Å². The van der Waals surface area contributed by atoms with Crippen molar-refractivity contribution in [3.05, 3.63) is 42.1 Å². The monoisotopic (exact) mass is 217 g/mol. The molecule has 0 radical (unpaired) electrons. The zero-order chi connectivity index (χ0) is 11.5. The summed E-state index contributed by atoms with van der Waals surface area (Å²) in [4.78, 5) is 11.0. The minimum atomic E-state index is -0.959. The summed E-state index contributed by atoms with van der Waals surface area (Å²) in [6.45, 7) is 0. The fraction of sp³-hybridized carbons (Fsp3) is 0.0909. The molecule has 0 spiro atoms. The van der Waals surface area contributed by atoms with E-state index in [4.69, 9.17) is 5.11 Å². The molecule has 0 aliphatic heterocycles. The van der Waals surface area contributed by atoms with Gasteiger partial charge in [-0.25, -0.2) is 4.79 Å². The van der Waals surface area contributed by atoms with E-state index in [9.17, 15) is 4.79 Å². The van der Waals surface area contributed by atoms with Gasteiger partial charge in [0.05, 0.1) is 11.3 Å². The summed E-state index contributed by atoms with van der Waals surface area (Å²) in [5.41, 5.74) is 0.766. The molecule has 0 saturated heterocycles. The van der Waals surface area contributed by atoms with Gasteiger partial charge < -0.3 is 10.4 Å². The number of para-hydroxylation sites is 1. The molecular weight excluding hydrogens is 206 g/mol. The molecule has 0 saturated carbocycles. The van der Waals surface area contributed by atoms with Crippen LogP contribution in [0, 0.1) is 0 Å². The third-order valence-corrected chi connectivity index (χ3v) is 2.13. The van der Waals surface area contributed by atoms with Gasteiger partial charge in [0.1, 0.15) is 0 Å². The summed E-state index contributed by atoms with van der Waals surface area (Å²) in [5.74, 6) is -0.338. The van der Waals surface area contributed by atoms with Crippen molar-refractivity contribution in [2.75, 3.05) is 5.32 Å². The Hall–Kier alpha value is -2.30. The van der Waals surface area contributed by atoms with E-state index in [0.717, 1.165) is 0 Å². The van der Waals surface area contributed by atoms with Crippen LogP contribution in [0.5, 0.6) is 0 Å². The average molecular weight is 217 g/mol. The van der Waals surface area contributed by atoms with Crippen molar-refractivity contribution in [2.45, 2.75) is 0 Å². The lowest BCUT2D eigenvalue weighted by atomic mass is 10.2. The highest BCUT2D eigenvalue weighted by Gasteiger charge is 2.09. The molecule has 0 aliphatic carbocycles. The first-order valence-corrected chi connectivity index (χ1v) is 4.76. The van der Waals surface area contributed by atoms with Gasteiger partial charge in [0, 0.05) is 19.3 Å². The van der Waals surface area contributed by atoms with E-state index >= 15 is 0 Å². The molecule has 0 fully saturated rings. The minimum absolute atomic E-state index is 0.230. The van der Waals surface area contributed by atoms with Crippen LogP contribution in [0.15, 0.2) is 36.5 Å². The molecule has 5 heteroatoms. The lowest BCUT2D eigenvalue weighted by Gasteiger charge is -2.06. The summed E-state index contributed by atoms with van der Waals surface area (Å²) in [5, 5.41) is 16.1. The van der Waals surface area contributed by atoms with E-state index in [0.29, 0.717) is 11.5 Å². The number of aromatic nitrogens is 2. The molecule has 82 valence electrons. The van der Waals surface area contributed by atoms with E-state index in [1.165, 1.54) is 0 Å². The zero-order valence-corrected chi connectivity index (χ0v) is 8.71. The second-order valence-electron chi connectivity index (χ2n) is 3.35. The summed E-state index contributed by atoms with van der Waals surface area (Å²) < 4.78 is 1.64. The molecule has 16 heavy (non-hydrogen) atoms. The molecule has 1 aromatic heterocycles. The van der Waals surface area contributed by atoms with E-state index < -0.39 is 5.97 Å². The highest BCUT2D eigenvalue weighted by Crippen LogP contribution is 2.19. The predicted octanol–water partition coefficient (Wildman–Crippen LogP) is 1.86. The van der Waals surface area contributed by atoms with Crippen molar-refractivity contribution in [3.8, 4) is 0 Å². The standard InChI is InChI=1S/C11H11N3O2/c1-14-7-6-10(13-14)12-9-5-3-2-4-8(9)11(15)16/h2-7H,1H3,(H,12,13)(H,15,16). The number of carbonyl (C=O) groups is 1. The van der Waals surface area contributed by atoms with Crippen LogP contribution >= 0.6 is 0 Å². The molecule has 0 amide bonds. The van der Waals surface area contributed by atoms with Crippen LogP contribution in [0.4, 0.5) is 11.5 Å². The van der Waals surface area contributed by atoms with Gasteiger partial charge in [-0.3, -0.25) is 4.68 Å². The SMILES string of the molecule is Cn1ccc(Nc2ccccc2C(=O)O)n1. The van der Waals surface area contributed by atoms with Gasteiger partial charge in [-0.05, 0) is 12.1 Å². The highest BCUT2D eigenvalue weighted by molar-refractivity contribution is 5.94. The van der Waals surface area contributed by atoms with Crippen LogP contribution in [0.3, 0.4) is 0 Å². The molecule has 1 aromatic carbocycles. The summed E-state index contributed by atoms with van der Waals surface area (Å²) in [6.07, 6.45) is 1.78. The Kier molecular flexibility index (Phi) is 2.59. The molecule has 0 unspecified atom stereocenters. The maximum atomic E-state index is 11.0. The summed E-state index contributed by atoms with van der Waals surface area (Å²) in [6, 6.07) is 8.50. The van der Waals surface area contributed by atoms with Gasteiger partial charge in [0.2, 0.25) is 0 Å². The maximum absolute atomic E-state index is 11.0. The van der Waals surface area contributed by atoms with Crippen molar-refractivity contribution in [1.82, 2.24) is 9.78 Å². The van der Waals surface area contributed by atoms with E-state index in [1.54, 1.807) is 48.3 Å². The Bertz CT molecular complexity index is 519. The van der Waals surface area contributed by atoms with Crippen molar-refractivity contribution in [1.29, 1.82) is 0 Å². The molecular formula is C11H11N3O2. The Morgan fingerprint density at radius 3 is 2.75 bits per heavy atom. The maximum Gasteiger partial charge on any atom is 0.337 e. The molecule has 2 rings (SSSR count). The fourth-order valence-electron chi connectivity index (χ4n) is 1.40. The van der Waals surface area contributed by atoms with Gasteiger partial charge in [-0.2, -0.15) is 5.10 Å². The van der Waals surface area contributed by atoms with Gasteiger partial charge in [0.25, 0.3) is 0 Å². The van der Waals surface area contributed by atoms with Gasteiger partial charge in [0.15, 0.2) is 5.82 Å². The molecule has 2 N–H and O–H groups in total. The Labute approximate surface area is 92.3 Å². The zero-order valence-electron chi connectivity index (χ0n) is 8.71. The third kappa shape index (κ3) is 2.03. The smallest absolute Gasteiger partial charge is 0.337 e. The van der Waals surface area contributed by atoms with Crippen molar-refractivity contribution in [3.63, 3.8) is 0 Å². The quantitative estimate of drug-likeness (QED) is 0.823. The molecule has 2 aromatic rings. The number of hydrogen-bond acceptors (Lipinski definition) is 3. The number of aryl methyl sites for hydroxylation is 1. The van der Waals surface area contributed by atoms with Gasteiger partial charge in [-0.15, -0.1) is 0 Å². The fourth-order valence-corrected chi connectivity index (χ4v) is 1.40. The number of aromatic carboxylic acids is 1. The normalized spacial score (nSPS) is 10.1. The third-order valence-electron chi connectivity index (χ3n) is 2.13. The van der Waals surface area contributed by atoms with E-state index in [1.807, 2.05) is 0 Å². The largest absolute Gasteiger partial charge is 0.478 e. The number of rotatable bonds is 3. The number of benzene rings is 1. The van der Waals surface area contributed by atoms with E-state index in [2.05, 4.69) is 10.4 Å². The average Bonchev–Trinajstić information content (AvgIpc) is 2.64.